The van der Waals surface area contributed by atoms with Gasteiger partial charge in [0.2, 0.25) is 5.91 Å². The molecule has 0 aliphatic carbocycles. The van der Waals surface area contributed by atoms with E-state index >= 15 is 0 Å². The maximum absolute atomic E-state index is 12.3. The topological polar surface area (TPSA) is 72.7 Å². The Hall–Kier alpha value is -2.03. The smallest absolute Gasteiger partial charge is 0.338 e. The Kier molecular flexibility index (Phi) is 3.95. The monoisotopic (exact) mass is 379 g/mol. The van der Waals surface area contributed by atoms with Gasteiger partial charge in [0.1, 0.15) is 6.61 Å². The fourth-order valence-electron chi connectivity index (χ4n) is 2.36. The minimum Gasteiger partial charge on any atom is -0.456 e. The van der Waals surface area contributed by atoms with Crippen LogP contribution in [-0.2, 0) is 16.1 Å². The van der Waals surface area contributed by atoms with Crippen LogP contribution in [0.2, 0.25) is 5.15 Å². The molecule has 1 aliphatic rings. The Morgan fingerprint density at radius 1 is 1.46 bits per heavy atom. The van der Waals surface area contributed by atoms with Crippen molar-refractivity contribution < 1.29 is 14.3 Å². The first-order valence-electron chi connectivity index (χ1n) is 6.95. The summed E-state index contributed by atoms with van der Waals surface area (Å²) in [6, 6.07) is 5.11. The largest absolute Gasteiger partial charge is 0.456 e. The van der Waals surface area contributed by atoms with Crippen LogP contribution < -0.4 is 5.32 Å². The second kappa shape index (κ2) is 6.12. The predicted molar refractivity (Wildman–Crippen MR) is 93.0 cm³/mol. The number of ether oxygens (including phenoxy) is 1. The van der Waals surface area contributed by atoms with Gasteiger partial charge in [0.15, 0.2) is 10.1 Å². The average Bonchev–Trinajstić information content (AvgIpc) is 3.12. The van der Waals surface area contributed by atoms with Gasteiger partial charge in [0.25, 0.3) is 0 Å². The average molecular weight is 380 g/mol. The Morgan fingerprint density at radius 2 is 2.33 bits per heavy atom. The summed E-state index contributed by atoms with van der Waals surface area (Å²) in [5.74, 6) is -0.180. The molecule has 1 amide bonds. The Labute approximate surface area is 149 Å². The van der Waals surface area contributed by atoms with Crippen molar-refractivity contribution in [3.63, 3.8) is 0 Å². The lowest BCUT2D eigenvalue weighted by Gasteiger charge is -2.16. The molecule has 4 rings (SSSR count). The number of anilines is 1. The summed E-state index contributed by atoms with van der Waals surface area (Å²) in [4.78, 5) is 29.6. The van der Waals surface area contributed by atoms with Crippen LogP contribution in [0.4, 0.5) is 5.69 Å². The van der Waals surface area contributed by atoms with E-state index in [9.17, 15) is 9.59 Å². The Balaban J connectivity index is 1.52. The third-order valence-electron chi connectivity index (χ3n) is 3.50. The lowest BCUT2D eigenvalue weighted by Crippen LogP contribution is -2.19. The number of imidazole rings is 1. The van der Waals surface area contributed by atoms with Crippen molar-refractivity contribution in [2.75, 3.05) is 11.1 Å². The number of carbonyl (C=O) groups is 2. The Morgan fingerprint density at radius 3 is 3.21 bits per heavy atom. The van der Waals surface area contributed by atoms with E-state index < -0.39 is 5.97 Å². The van der Waals surface area contributed by atoms with Gasteiger partial charge < -0.3 is 10.1 Å². The molecule has 122 valence electrons. The summed E-state index contributed by atoms with van der Waals surface area (Å²) in [7, 11) is 0. The molecular formula is C15H10ClN3O3S2. The first kappa shape index (κ1) is 15.5. The number of amides is 1. The van der Waals surface area contributed by atoms with Crippen molar-refractivity contribution in [1.82, 2.24) is 9.38 Å². The molecule has 3 aromatic rings. The molecule has 1 aliphatic heterocycles. The van der Waals surface area contributed by atoms with E-state index in [0.717, 1.165) is 9.86 Å². The van der Waals surface area contributed by atoms with Crippen LogP contribution in [0, 0.1) is 0 Å². The number of aromatic nitrogens is 2. The number of hydrogen-bond donors (Lipinski definition) is 1. The maximum atomic E-state index is 12.3. The minimum atomic E-state index is -0.483. The number of carbonyl (C=O) groups excluding carboxylic acids is 2. The van der Waals surface area contributed by atoms with Crippen molar-refractivity contribution >= 4 is 57.2 Å². The fourth-order valence-corrected chi connectivity index (χ4v) is 4.16. The summed E-state index contributed by atoms with van der Waals surface area (Å²) in [6.45, 7) is 0.0216. The third kappa shape index (κ3) is 2.77. The summed E-state index contributed by atoms with van der Waals surface area (Å²) < 4.78 is 7.15. The molecule has 0 bridgehead atoms. The van der Waals surface area contributed by atoms with Gasteiger partial charge in [0, 0.05) is 16.5 Å². The highest BCUT2D eigenvalue weighted by molar-refractivity contribution is 8.00. The Bertz CT molecular complexity index is 966. The van der Waals surface area contributed by atoms with Gasteiger partial charge >= 0.3 is 5.97 Å². The molecule has 0 spiro atoms. The van der Waals surface area contributed by atoms with Gasteiger partial charge in [-0.2, -0.15) is 0 Å². The zero-order chi connectivity index (χ0) is 16.7. The predicted octanol–water partition coefficient (Wildman–Crippen LogP) is 3.45. The molecule has 0 radical (unpaired) electrons. The van der Waals surface area contributed by atoms with Crippen LogP contribution in [-0.4, -0.2) is 27.0 Å². The van der Waals surface area contributed by atoms with E-state index in [1.165, 1.54) is 23.1 Å². The van der Waals surface area contributed by atoms with E-state index in [4.69, 9.17) is 16.3 Å². The zero-order valence-corrected chi connectivity index (χ0v) is 14.5. The first-order valence-corrected chi connectivity index (χ1v) is 9.20. The standard InChI is InChI=1S/C15H10ClN3O3S2/c16-13-10(19-3-4-23-15(19)18-13)6-22-14(21)8-1-2-11-9(5-8)17-12(20)7-24-11/h1-5H,6-7H2,(H,17,20). The summed E-state index contributed by atoms with van der Waals surface area (Å²) >= 11 is 8.98. The van der Waals surface area contributed by atoms with Crippen LogP contribution in [0.3, 0.4) is 0 Å². The van der Waals surface area contributed by atoms with Gasteiger partial charge in [-0.3, -0.25) is 9.20 Å². The van der Waals surface area contributed by atoms with Crippen molar-refractivity contribution in [3.05, 3.63) is 46.2 Å². The van der Waals surface area contributed by atoms with E-state index in [-0.39, 0.29) is 12.5 Å². The lowest BCUT2D eigenvalue weighted by molar-refractivity contribution is -0.113. The summed E-state index contributed by atoms with van der Waals surface area (Å²) in [5, 5.41) is 4.96. The van der Waals surface area contributed by atoms with Gasteiger partial charge in [-0.25, -0.2) is 9.78 Å². The maximum Gasteiger partial charge on any atom is 0.338 e. The second-order valence-corrected chi connectivity index (χ2v) is 7.28. The van der Waals surface area contributed by atoms with Crippen molar-refractivity contribution in [2.24, 2.45) is 0 Å². The normalized spacial score (nSPS) is 13.6. The van der Waals surface area contributed by atoms with Crippen LogP contribution in [0.15, 0.2) is 34.7 Å². The van der Waals surface area contributed by atoms with E-state index in [2.05, 4.69) is 10.3 Å². The van der Waals surface area contributed by atoms with Gasteiger partial charge in [-0.1, -0.05) is 11.6 Å². The number of fused-ring (bicyclic) bond motifs is 2. The number of thiazole rings is 1. The second-order valence-electron chi connectivity index (χ2n) is 5.03. The minimum absolute atomic E-state index is 0.0216. The molecule has 0 saturated heterocycles. The quantitative estimate of drug-likeness (QED) is 0.705. The highest BCUT2D eigenvalue weighted by atomic mass is 35.5. The number of benzene rings is 1. The highest BCUT2D eigenvalue weighted by Crippen LogP contribution is 2.32. The molecule has 9 heteroatoms. The number of hydrogen-bond acceptors (Lipinski definition) is 6. The molecule has 1 N–H and O–H groups in total. The van der Waals surface area contributed by atoms with Crippen molar-refractivity contribution in [2.45, 2.75) is 11.5 Å². The molecule has 0 atom stereocenters. The van der Waals surface area contributed by atoms with E-state index in [1.807, 2.05) is 11.6 Å². The molecule has 0 saturated carbocycles. The molecule has 3 heterocycles. The summed E-state index contributed by atoms with van der Waals surface area (Å²) in [6.07, 6.45) is 1.83. The van der Waals surface area contributed by atoms with E-state index in [1.54, 1.807) is 22.6 Å². The van der Waals surface area contributed by atoms with Crippen LogP contribution in [0.25, 0.3) is 4.96 Å². The van der Waals surface area contributed by atoms with Gasteiger partial charge in [0.05, 0.1) is 22.7 Å². The zero-order valence-electron chi connectivity index (χ0n) is 12.1. The van der Waals surface area contributed by atoms with Crippen molar-refractivity contribution in [3.8, 4) is 0 Å². The van der Waals surface area contributed by atoms with Crippen LogP contribution >= 0.6 is 34.7 Å². The van der Waals surface area contributed by atoms with Crippen molar-refractivity contribution in [1.29, 1.82) is 0 Å². The van der Waals surface area contributed by atoms with Crippen LogP contribution in [0.1, 0.15) is 16.1 Å². The first-order chi connectivity index (χ1) is 11.6. The fraction of sp³-hybridized carbons (Fsp3) is 0.133. The number of nitrogens with zero attached hydrogens (tertiary/aromatic N) is 2. The molecule has 1 aromatic carbocycles. The number of thioether (sulfide) groups is 1. The highest BCUT2D eigenvalue weighted by Gasteiger charge is 2.19. The molecule has 0 unspecified atom stereocenters. The van der Waals surface area contributed by atoms with E-state index in [0.29, 0.717) is 27.9 Å². The molecule has 2 aromatic heterocycles. The number of rotatable bonds is 3. The summed E-state index contributed by atoms with van der Waals surface area (Å²) in [5.41, 5.74) is 1.63. The van der Waals surface area contributed by atoms with Gasteiger partial charge in [-0.05, 0) is 18.2 Å². The lowest BCUT2D eigenvalue weighted by atomic mass is 10.2. The number of nitrogens with one attached hydrogen (secondary N) is 1. The van der Waals surface area contributed by atoms with Gasteiger partial charge in [-0.15, -0.1) is 23.1 Å². The third-order valence-corrected chi connectivity index (χ3v) is 5.63. The SMILES string of the molecule is O=C1CSc2ccc(C(=O)OCc3c(Cl)nc4sccn34)cc2N1. The number of esters is 1. The number of halogens is 1. The molecule has 24 heavy (non-hydrogen) atoms. The molecule has 0 fully saturated rings. The van der Waals surface area contributed by atoms with Crippen LogP contribution in [0.5, 0.6) is 0 Å². The molecule has 6 nitrogen and oxygen atoms in total. The molecular weight excluding hydrogens is 370 g/mol.